The third-order valence-electron chi connectivity index (χ3n) is 4.64. The summed E-state index contributed by atoms with van der Waals surface area (Å²) in [5.41, 5.74) is 4.02. The molecule has 0 radical (unpaired) electrons. The third-order valence-corrected chi connectivity index (χ3v) is 4.64. The number of hydrogen-bond acceptors (Lipinski definition) is 7. The van der Waals surface area contributed by atoms with Gasteiger partial charge in [0.05, 0.1) is 19.2 Å². The van der Waals surface area contributed by atoms with Crippen molar-refractivity contribution in [2.75, 3.05) is 13.9 Å². The maximum atomic E-state index is 12.9. The first kappa shape index (κ1) is 18.7. The van der Waals surface area contributed by atoms with Gasteiger partial charge in [-0.2, -0.15) is 5.10 Å². The van der Waals surface area contributed by atoms with E-state index < -0.39 is 12.0 Å². The second kappa shape index (κ2) is 7.78. The third kappa shape index (κ3) is 3.71. The first-order valence-electron chi connectivity index (χ1n) is 8.87. The Bertz CT molecular complexity index is 990. The number of benzene rings is 2. The minimum Gasteiger partial charge on any atom is -0.493 e. The van der Waals surface area contributed by atoms with Crippen LogP contribution in [0.25, 0.3) is 0 Å². The number of amides is 1. The number of ether oxygens (including phenoxy) is 3. The van der Waals surface area contributed by atoms with Crippen LogP contribution in [0.1, 0.15) is 24.2 Å². The lowest BCUT2D eigenvalue weighted by Gasteiger charge is -2.16. The fraction of sp³-hybridized carbons (Fsp3) is 0.250. The predicted molar refractivity (Wildman–Crippen MR) is 102 cm³/mol. The molecule has 0 spiro atoms. The molecule has 2 atom stereocenters. The first-order valence-corrected chi connectivity index (χ1v) is 8.87. The molecule has 0 aliphatic carbocycles. The van der Waals surface area contributed by atoms with E-state index in [9.17, 15) is 9.18 Å². The molecule has 2 aromatic carbocycles. The molecule has 0 saturated heterocycles. The molecule has 1 amide bonds. The fourth-order valence-corrected chi connectivity index (χ4v) is 3.11. The second-order valence-electron chi connectivity index (χ2n) is 6.50. The monoisotopic (exact) mass is 399 g/mol. The Labute approximate surface area is 165 Å². The van der Waals surface area contributed by atoms with Crippen molar-refractivity contribution in [3.05, 3.63) is 53.3 Å². The number of methoxy groups -OCH3 is 1. The summed E-state index contributed by atoms with van der Waals surface area (Å²) in [5, 5.41) is 7.81. The summed E-state index contributed by atoms with van der Waals surface area (Å²) < 4.78 is 29.1. The van der Waals surface area contributed by atoms with E-state index >= 15 is 0 Å². The van der Waals surface area contributed by atoms with Crippen LogP contribution in [0.4, 0.5) is 4.39 Å². The number of carbonyl (C=O) groups is 1. The van der Waals surface area contributed by atoms with Crippen molar-refractivity contribution in [1.29, 1.82) is 0 Å². The van der Waals surface area contributed by atoms with E-state index in [-0.39, 0.29) is 24.2 Å². The SMILES string of the molecule is COc1cc([C@@H]2ON=C(C(=O)N/N=C\c3ccc(F)cc3)[C@H]2C)cc2c1OCO2. The van der Waals surface area contributed by atoms with Crippen LogP contribution in [0.3, 0.4) is 0 Å². The number of hydrazone groups is 1. The lowest BCUT2D eigenvalue weighted by Crippen LogP contribution is -2.31. The largest absolute Gasteiger partial charge is 0.493 e. The molecule has 150 valence electrons. The highest BCUT2D eigenvalue weighted by molar-refractivity contribution is 6.39. The zero-order valence-corrected chi connectivity index (χ0v) is 15.7. The Balaban J connectivity index is 1.44. The van der Waals surface area contributed by atoms with Gasteiger partial charge in [-0.25, -0.2) is 9.82 Å². The fourth-order valence-electron chi connectivity index (χ4n) is 3.11. The Morgan fingerprint density at radius 2 is 2.10 bits per heavy atom. The van der Waals surface area contributed by atoms with Crippen LogP contribution in [-0.2, 0) is 9.63 Å². The molecule has 4 rings (SSSR count). The lowest BCUT2D eigenvalue weighted by atomic mass is 9.93. The molecule has 2 aliphatic heterocycles. The van der Waals surface area contributed by atoms with E-state index in [0.717, 1.165) is 5.56 Å². The molecule has 1 N–H and O–H groups in total. The van der Waals surface area contributed by atoms with Crippen molar-refractivity contribution in [1.82, 2.24) is 5.43 Å². The van der Waals surface area contributed by atoms with E-state index in [1.165, 1.54) is 25.5 Å². The van der Waals surface area contributed by atoms with E-state index in [1.807, 2.05) is 6.92 Å². The van der Waals surface area contributed by atoms with Gasteiger partial charge in [0.15, 0.2) is 23.3 Å². The highest BCUT2D eigenvalue weighted by Crippen LogP contribution is 2.45. The minimum atomic E-state index is -0.486. The van der Waals surface area contributed by atoms with Crippen molar-refractivity contribution in [3.63, 3.8) is 0 Å². The van der Waals surface area contributed by atoms with Crippen molar-refractivity contribution >= 4 is 17.8 Å². The molecular formula is C20H18FN3O5. The van der Waals surface area contributed by atoms with Crippen molar-refractivity contribution in [2.24, 2.45) is 16.2 Å². The van der Waals surface area contributed by atoms with Gasteiger partial charge in [-0.15, -0.1) is 0 Å². The standard InChI is InChI=1S/C20H18FN3O5/c1-11-17(20(25)23-22-9-12-3-5-14(21)6-4-12)24-29-18(11)13-7-15(26-2)19-16(8-13)27-10-28-19/h3-9,11,18H,10H2,1-2H3,(H,23,25)/b22-9-/t11-,18-/m1/s1. The Kier molecular flexibility index (Phi) is 5.03. The number of nitrogens with one attached hydrogen (secondary N) is 1. The van der Waals surface area contributed by atoms with Gasteiger partial charge in [-0.1, -0.05) is 24.2 Å². The van der Waals surface area contributed by atoms with Gasteiger partial charge in [0, 0.05) is 5.56 Å². The molecule has 0 bridgehead atoms. The van der Waals surface area contributed by atoms with Crippen LogP contribution in [0, 0.1) is 11.7 Å². The van der Waals surface area contributed by atoms with Gasteiger partial charge >= 0.3 is 0 Å². The molecule has 8 nitrogen and oxygen atoms in total. The molecule has 0 saturated carbocycles. The van der Waals surface area contributed by atoms with Crippen LogP contribution in [0.5, 0.6) is 17.2 Å². The van der Waals surface area contributed by atoms with Gasteiger partial charge in [0.25, 0.3) is 5.91 Å². The summed E-state index contributed by atoms with van der Waals surface area (Å²) in [6.45, 7) is 1.95. The molecule has 2 aromatic rings. The van der Waals surface area contributed by atoms with E-state index in [2.05, 4.69) is 15.7 Å². The molecule has 29 heavy (non-hydrogen) atoms. The summed E-state index contributed by atoms with van der Waals surface area (Å²) in [6, 6.07) is 9.28. The van der Waals surface area contributed by atoms with Gasteiger partial charge in [0.1, 0.15) is 5.82 Å². The molecule has 0 aromatic heterocycles. The van der Waals surface area contributed by atoms with Crippen LogP contribution in [0.15, 0.2) is 46.7 Å². The second-order valence-corrected chi connectivity index (χ2v) is 6.50. The van der Waals surface area contributed by atoms with E-state index in [0.29, 0.717) is 22.8 Å². The molecule has 2 aliphatic rings. The normalized spacial score (nSPS) is 19.8. The molecular weight excluding hydrogens is 381 g/mol. The van der Waals surface area contributed by atoms with Crippen LogP contribution < -0.4 is 19.6 Å². The van der Waals surface area contributed by atoms with E-state index in [1.54, 1.807) is 24.3 Å². The van der Waals surface area contributed by atoms with Crippen molar-refractivity contribution in [2.45, 2.75) is 13.0 Å². The maximum absolute atomic E-state index is 12.9. The highest BCUT2D eigenvalue weighted by Gasteiger charge is 2.37. The first-order chi connectivity index (χ1) is 14.1. The number of rotatable bonds is 5. The number of hydrogen-bond donors (Lipinski definition) is 1. The van der Waals surface area contributed by atoms with Crippen LogP contribution >= 0.6 is 0 Å². The highest BCUT2D eigenvalue weighted by atomic mass is 19.1. The van der Waals surface area contributed by atoms with Gasteiger partial charge in [-0.3, -0.25) is 4.79 Å². The summed E-state index contributed by atoms with van der Waals surface area (Å²) in [7, 11) is 1.54. The molecule has 0 unspecified atom stereocenters. The predicted octanol–water partition coefficient (Wildman–Crippen LogP) is 2.78. The summed E-state index contributed by atoms with van der Waals surface area (Å²) in [6.07, 6.45) is 0.929. The van der Waals surface area contributed by atoms with Crippen LogP contribution in [0.2, 0.25) is 0 Å². The molecule has 2 heterocycles. The lowest BCUT2D eigenvalue weighted by molar-refractivity contribution is -0.115. The molecule has 0 fully saturated rings. The number of oxime groups is 1. The number of nitrogens with zero attached hydrogens (tertiary/aromatic N) is 2. The van der Waals surface area contributed by atoms with Gasteiger partial charge in [0.2, 0.25) is 12.5 Å². The van der Waals surface area contributed by atoms with Gasteiger partial charge < -0.3 is 19.0 Å². The topological polar surface area (TPSA) is 90.7 Å². The number of fused-ring (bicyclic) bond motifs is 1. The maximum Gasteiger partial charge on any atom is 0.289 e. The van der Waals surface area contributed by atoms with Crippen LogP contribution in [-0.4, -0.2) is 31.7 Å². The quantitative estimate of drug-likeness (QED) is 0.617. The average molecular weight is 399 g/mol. The van der Waals surface area contributed by atoms with E-state index in [4.69, 9.17) is 19.0 Å². The summed E-state index contributed by atoms with van der Waals surface area (Å²) in [5.74, 6) is 0.455. The van der Waals surface area contributed by atoms with Gasteiger partial charge in [-0.05, 0) is 29.8 Å². The Morgan fingerprint density at radius 3 is 2.86 bits per heavy atom. The zero-order chi connectivity index (χ0) is 20.4. The van der Waals surface area contributed by atoms with Crippen molar-refractivity contribution < 1.29 is 28.2 Å². The number of halogens is 1. The Hall–Kier alpha value is -3.62. The summed E-state index contributed by atoms with van der Waals surface area (Å²) >= 11 is 0. The minimum absolute atomic E-state index is 0.117. The average Bonchev–Trinajstić information content (AvgIpc) is 3.35. The zero-order valence-electron chi connectivity index (χ0n) is 15.7. The summed E-state index contributed by atoms with van der Waals surface area (Å²) in [4.78, 5) is 17.9. The Morgan fingerprint density at radius 1 is 1.31 bits per heavy atom. The smallest absolute Gasteiger partial charge is 0.289 e. The van der Waals surface area contributed by atoms with Crippen molar-refractivity contribution in [3.8, 4) is 17.2 Å². The number of carbonyl (C=O) groups excluding carboxylic acids is 1. The molecule has 9 heteroatoms.